The first kappa shape index (κ1) is 16.4. The van der Waals surface area contributed by atoms with E-state index >= 15 is 0 Å². The summed E-state index contributed by atoms with van der Waals surface area (Å²) in [6.07, 6.45) is 1.74. The Morgan fingerprint density at radius 3 is 2.39 bits per heavy atom. The van der Waals surface area contributed by atoms with Crippen molar-refractivity contribution in [2.45, 2.75) is 38.8 Å². The van der Waals surface area contributed by atoms with Gasteiger partial charge in [0.2, 0.25) is 0 Å². The third kappa shape index (κ3) is 4.16. The van der Waals surface area contributed by atoms with Crippen molar-refractivity contribution in [3.63, 3.8) is 0 Å². The van der Waals surface area contributed by atoms with Gasteiger partial charge in [-0.3, -0.25) is 0 Å². The van der Waals surface area contributed by atoms with Crippen molar-refractivity contribution in [2.24, 2.45) is 0 Å². The van der Waals surface area contributed by atoms with E-state index in [2.05, 4.69) is 15.9 Å². The highest BCUT2D eigenvalue weighted by atomic mass is 79.9. The summed E-state index contributed by atoms with van der Waals surface area (Å²) >= 11 is 3.32. The van der Waals surface area contributed by atoms with Gasteiger partial charge in [-0.25, -0.2) is 0 Å². The van der Waals surface area contributed by atoms with E-state index in [9.17, 15) is 8.42 Å². The maximum Gasteiger partial charge on any atom is 0.281 e. The Balaban J connectivity index is 2.52. The highest BCUT2D eigenvalue weighted by molar-refractivity contribution is 9.09. The first-order chi connectivity index (χ1) is 8.39. The summed E-state index contributed by atoms with van der Waals surface area (Å²) in [6.45, 7) is 5.54. The summed E-state index contributed by atoms with van der Waals surface area (Å²) in [6, 6.07) is -0.0163. The minimum absolute atomic E-state index is 0.0163. The number of halogens is 1. The minimum atomic E-state index is -3.30. The first-order valence-corrected chi connectivity index (χ1v) is 8.82. The van der Waals surface area contributed by atoms with Crippen molar-refractivity contribution < 1.29 is 13.2 Å². The van der Waals surface area contributed by atoms with Gasteiger partial charge in [0.05, 0.1) is 12.7 Å². The molecule has 0 unspecified atom stereocenters. The average Bonchev–Trinajstić information content (AvgIpc) is 2.35. The van der Waals surface area contributed by atoms with Gasteiger partial charge < -0.3 is 4.74 Å². The van der Waals surface area contributed by atoms with Crippen LogP contribution in [0, 0.1) is 0 Å². The lowest BCUT2D eigenvalue weighted by Crippen LogP contribution is -2.48. The molecule has 0 aliphatic carbocycles. The molecule has 1 aliphatic rings. The second kappa shape index (κ2) is 7.19. The fourth-order valence-electron chi connectivity index (χ4n) is 1.89. The number of piperidine rings is 1. The van der Waals surface area contributed by atoms with E-state index in [0.29, 0.717) is 19.7 Å². The molecule has 0 atom stereocenters. The number of rotatable bonds is 6. The summed E-state index contributed by atoms with van der Waals surface area (Å²) < 4.78 is 33.1. The Hall–Kier alpha value is 0.310. The quantitative estimate of drug-likeness (QED) is 0.686. The smallest absolute Gasteiger partial charge is 0.281 e. The van der Waals surface area contributed by atoms with Crippen LogP contribution < -0.4 is 0 Å². The van der Waals surface area contributed by atoms with Crippen molar-refractivity contribution >= 4 is 26.1 Å². The Morgan fingerprint density at radius 2 is 1.94 bits per heavy atom. The number of hydrogen-bond donors (Lipinski definition) is 0. The van der Waals surface area contributed by atoms with Crippen LogP contribution in [0.2, 0.25) is 0 Å². The van der Waals surface area contributed by atoms with Crippen LogP contribution >= 0.6 is 15.9 Å². The van der Waals surface area contributed by atoms with Gasteiger partial charge >= 0.3 is 0 Å². The zero-order valence-electron chi connectivity index (χ0n) is 11.3. The van der Waals surface area contributed by atoms with Gasteiger partial charge in [-0.1, -0.05) is 15.9 Å². The summed E-state index contributed by atoms with van der Waals surface area (Å²) in [5, 5.41) is 0.821. The van der Waals surface area contributed by atoms with Crippen LogP contribution in [-0.4, -0.2) is 61.2 Å². The van der Waals surface area contributed by atoms with E-state index in [0.717, 1.165) is 18.2 Å². The summed E-state index contributed by atoms with van der Waals surface area (Å²) in [5.74, 6) is 0. The van der Waals surface area contributed by atoms with Crippen LogP contribution in [0.4, 0.5) is 0 Å². The van der Waals surface area contributed by atoms with Crippen LogP contribution in [0.3, 0.4) is 0 Å². The average molecular weight is 343 g/mol. The summed E-state index contributed by atoms with van der Waals surface area (Å²) in [4.78, 5) is 0. The molecule has 0 bridgehead atoms. The van der Waals surface area contributed by atoms with Crippen molar-refractivity contribution in [2.75, 3.05) is 32.1 Å². The van der Waals surface area contributed by atoms with Crippen molar-refractivity contribution in [1.29, 1.82) is 0 Å². The van der Waals surface area contributed by atoms with Gasteiger partial charge in [0.25, 0.3) is 10.2 Å². The number of hydrogen-bond acceptors (Lipinski definition) is 3. The molecule has 1 aliphatic heterocycles. The van der Waals surface area contributed by atoms with Gasteiger partial charge in [-0.2, -0.15) is 17.0 Å². The monoisotopic (exact) mass is 342 g/mol. The predicted molar refractivity (Wildman–Crippen MR) is 76.2 cm³/mol. The Morgan fingerprint density at radius 1 is 1.39 bits per heavy atom. The van der Waals surface area contributed by atoms with E-state index in [1.54, 1.807) is 11.4 Å². The molecular formula is C11H23BrN2O3S. The zero-order valence-corrected chi connectivity index (χ0v) is 13.7. The topological polar surface area (TPSA) is 49.9 Å². The van der Waals surface area contributed by atoms with Crippen LogP contribution in [0.15, 0.2) is 0 Å². The lowest BCUT2D eigenvalue weighted by atomic mass is 10.1. The molecule has 0 radical (unpaired) electrons. The largest absolute Gasteiger partial charge is 0.377 e. The normalized spacial score (nSPS) is 19.9. The molecule has 5 nitrogen and oxygen atoms in total. The van der Waals surface area contributed by atoms with E-state index in [1.165, 1.54) is 4.31 Å². The summed E-state index contributed by atoms with van der Waals surface area (Å²) in [7, 11) is -1.67. The zero-order chi connectivity index (χ0) is 13.8. The van der Waals surface area contributed by atoms with Crippen LogP contribution in [0.5, 0.6) is 0 Å². The molecule has 7 heteroatoms. The van der Waals surface area contributed by atoms with E-state index in [1.807, 2.05) is 13.8 Å². The fraction of sp³-hybridized carbons (Fsp3) is 1.00. The molecule has 108 valence electrons. The van der Waals surface area contributed by atoms with Crippen LogP contribution in [-0.2, 0) is 14.9 Å². The maximum absolute atomic E-state index is 12.3. The van der Waals surface area contributed by atoms with Crippen molar-refractivity contribution in [3.8, 4) is 0 Å². The Kier molecular flexibility index (Phi) is 6.54. The lowest BCUT2D eigenvalue weighted by molar-refractivity contribution is 0.0300. The van der Waals surface area contributed by atoms with Crippen molar-refractivity contribution in [3.05, 3.63) is 0 Å². The maximum atomic E-state index is 12.3. The Bertz CT molecular complexity index is 340. The molecule has 18 heavy (non-hydrogen) atoms. The standard InChI is InChI=1S/C11H23BrN2O3S/c1-10(2)13(3)18(15,16)14-7-4-11(5-8-14)17-9-6-12/h10-11H,4-9H2,1-3H3. The highest BCUT2D eigenvalue weighted by Gasteiger charge is 2.32. The third-order valence-corrected chi connectivity index (χ3v) is 5.74. The molecule has 1 saturated heterocycles. The molecule has 0 N–H and O–H groups in total. The predicted octanol–water partition coefficient (Wildman–Crippen LogP) is 1.45. The van der Waals surface area contributed by atoms with Gasteiger partial charge in [-0.15, -0.1) is 0 Å². The molecule has 1 rings (SSSR count). The SMILES string of the molecule is CC(C)N(C)S(=O)(=O)N1CCC(OCCBr)CC1. The molecule has 1 fully saturated rings. The molecule has 1 heterocycles. The molecule has 0 aromatic heterocycles. The second-order valence-corrected chi connectivity index (χ2v) is 7.56. The van der Waals surface area contributed by atoms with Gasteiger partial charge in [0.15, 0.2) is 0 Å². The first-order valence-electron chi connectivity index (χ1n) is 6.30. The number of ether oxygens (including phenoxy) is 1. The Labute approximate surface area is 119 Å². The van der Waals surface area contributed by atoms with Gasteiger partial charge in [0, 0.05) is 31.5 Å². The minimum Gasteiger partial charge on any atom is -0.377 e. The van der Waals surface area contributed by atoms with E-state index in [4.69, 9.17) is 4.74 Å². The molecule has 0 aromatic rings. The van der Waals surface area contributed by atoms with Gasteiger partial charge in [-0.05, 0) is 26.7 Å². The van der Waals surface area contributed by atoms with Crippen molar-refractivity contribution in [1.82, 2.24) is 8.61 Å². The van der Waals surface area contributed by atoms with Crippen LogP contribution in [0.25, 0.3) is 0 Å². The van der Waals surface area contributed by atoms with E-state index in [-0.39, 0.29) is 12.1 Å². The van der Waals surface area contributed by atoms with Crippen LogP contribution in [0.1, 0.15) is 26.7 Å². The number of alkyl halides is 1. The molecule has 0 aromatic carbocycles. The molecule has 0 amide bonds. The third-order valence-electron chi connectivity index (χ3n) is 3.25. The van der Waals surface area contributed by atoms with Gasteiger partial charge in [0.1, 0.15) is 0 Å². The fourth-order valence-corrected chi connectivity index (χ4v) is 3.65. The van der Waals surface area contributed by atoms with E-state index < -0.39 is 10.2 Å². The molecular weight excluding hydrogens is 320 g/mol. The molecule has 0 spiro atoms. The second-order valence-electron chi connectivity index (χ2n) is 4.78. The highest BCUT2D eigenvalue weighted by Crippen LogP contribution is 2.19. The lowest BCUT2D eigenvalue weighted by Gasteiger charge is -2.34. The molecule has 0 saturated carbocycles. The summed E-state index contributed by atoms with van der Waals surface area (Å²) in [5.41, 5.74) is 0. The number of nitrogens with zero attached hydrogens (tertiary/aromatic N) is 2.